The lowest BCUT2D eigenvalue weighted by Gasteiger charge is -2.46. The van der Waals surface area contributed by atoms with Crippen molar-refractivity contribution in [3.63, 3.8) is 0 Å². The topological polar surface area (TPSA) is 154 Å². The molecule has 14 heteroatoms. The highest BCUT2D eigenvalue weighted by atomic mass is 32.2. The minimum absolute atomic E-state index is 0.206. The number of benzene rings is 2. The van der Waals surface area contributed by atoms with E-state index in [1.807, 2.05) is 18.2 Å². The maximum absolute atomic E-state index is 13.5. The van der Waals surface area contributed by atoms with Gasteiger partial charge >= 0.3 is 6.09 Å². The van der Waals surface area contributed by atoms with E-state index in [0.29, 0.717) is 25.9 Å². The average molecular weight is 574 g/mol. The van der Waals surface area contributed by atoms with Crippen LogP contribution in [0.4, 0.5) is 10.5 Å². The summed E-state index contributed by atoms with van der Waals surface area (Å²) in [6.07, 6.45) is -0.184. The Labute approximate surface area is 231 Å². The Kier molecular flexibility index (Phi) is 7.29. The van der Waals surface area contributed by atoms with Crippen LogP contribution in [0.25, 0.3) is 0 Å². The molecule has 3 fully saturated rings. The number of likely N-dealkylation sites (tertiary alicyclic amines) is 1. The first-order valence-electron chi connectivity index (χ1n) is 12.9. The minimum atomic E-state index is -4.40. The van der Waals surface area contributed by atoms with Crippen molar-refractivity contribution in [2.45, 2.75) is 35.6 Å². The van der Waals surface area contributed by atoms with Gasteiger partial charge in [0, 0.05) is 32.7 Å². The second-order valence-electron chi connectivity index (χ2n) is 10.6. The van der Waals surface area contributed by atoms with Gasteiger partial charge in [0.25, 0.3) is 5.69 Å². The number of rotatable bonds is 7. The molecule has 1 atom stereocenters. The van der Waals surface area contributed by atoms with Crippen LogP contribution in [0.1, 0.15) is 18.4 Å². The number of amides is 2. The molecule has 3 aliphatic rings. The molecule has 2 aromatic rings. The summed E-state index contributed by atoms with van der Waals surface area (Å²) in [5.74, 6) is -0.478. The van der Waals surface area contributed by atoms with Crippen molar-refractivity contribution < 1.29 is 32.8 Å². The zero-order valence-electron chi connectivity index (χ0n) is 22.0. The molecular weight excluding hydrogens is 542 g/mol. The third kappa shape index (κ3) is 5.14. The summed E-state index contributed by atoms with van der Waals surface area (Å²) >= 11 is 0. The second-order valence-corrected chi connectivity index (χ2v) is 12.6. The number of ether oxygens (including phenoxy) is 1. The smallest absolute Gasteiger partial charge is 0.407 e. The van der Waals surface area contributed by atoms with Crippen molar-refractivity contribution in [1.82, 2.24) is 19.0 Å². The van der Waals surface area contributed by atoms with Gasteiger partial charge in [0.1, 0.15) is 6.54 Å². The Bertz CT molecular complexity index is 1410. The average Bonchev–Trinajstić information content (AvgIpc) is 3.24. The zero-order valence-corrected chi connectivity index (χ0v) is 22.8. The summed E-state index contributed by atoms with van der Waals surface area (Å²) in [6.45, 7) is 1.32. The van der Waals surface area contributed by atoms with Crippen molar-refractivity contribution in [2.24, 2.45) is 0 Å². The predicted molar refractivity (Wildman–Crippen MR) is 142 cm³/mol. The molecule has 0 aromatic heterocycles. The van der Waals surface area contributed by atoms with Crippen LogP contribution >= 0.6 is 0 Å². The first-order valence-corrected chi connectivity index (χ1v) is 14.3. The van der Waals surface area contributed by atoms with Crippen LogP contribution in [0.2, 0.25) is 0 Å². The third-order valence-corrected chi connectivity index (χ3v) is 9.77. The monoisotopic (exact) mass is 573 g/mol. The Morgan fingerprint density at radius 2 is 1.75 bits per heavy atom. The third-order valence-electron chi connectivity index (χ3n) is 7.92. The number of nitrogens with zero attached hydrogens (tertiary/aromatic N) is 5. The number of likely N-dealkylation sites (N-methyl/N-ethyl adjacent to an activating group) is 1. The van der Waals surface area contributed by atoms with E-state index in [1.54, 1.807) is 0 Å². The number of sulfonamides is 1. The molecule has 3 heterocycles. The van der Waals surface area contributed by atoms with Gasteiger partial charge in [-0.2, -0.15) is 4.31 Å². The standard InChI is InChI=1S/C26H31N5O8S/c1-27(40(37,38)22-10-6-5-9-21(22)31(35)36)18-26-19-29(24(33)34)16-23(32)30(26)17-25(39-26)11-13-28(14-12-25)15-20-7-3-2-4-8-20/h2-10H,11-19H2,1H3,(H,33,34). The molecule has 0 saturated carbocycles. The Hall–Kier alpha value is -3.59. The van der Waals surface area contributed by atoms with Gasteiger partial charge in [0.05, 0.1) is 30.2 Å². The molecule has 0 aliphatic carbocycles. The Morgan fingerprint density at radius 3 is 2.40 bits per heavy atom. The van der Waals surface area contributed by atoms with E-state index in [9.17, 15) is 33.2 Å². The van der Waals surface area contributed by atoms with Crippen LogP contribution in [0.3, 0.4) is 0 Å². The molecule has 214 valence electrons. The normalized spacial score (nSPS) is 23.0. The van der Waals surface area contributed by atoms with Crippen molar-refractivity contribution in [3.8, 4) is 0 Å². The number of hydrogen-bond donors (Lipinski definition) is 1. The van der Waals surface area contributed by atoms with Gasteiger partial charge in [-0.1, -0.05) is 42.5 Å². The fourth-order valence-corrected chi connectivity index (χ4v) is 7.27. The molecule has 3 aliphatic heterocycles. The van der Waals surface area contributed by atoms with Crippen molar-refractivity contribution in [2.75, 3.05) is 46.3 Å². The number of carbonyl (C=O) groups excluding carboxylic acids is 1. The van der Waals surface area contributed by atoms with Crippen molar-refractivity contribution in [1.29, 1.82) is 0 Å². The van der Waals surface area contributed by atoms with E-state index in [2.05, 4.69) is 17.0 Å². The predicted octanol–water partition coefficient (Wildman–Crippen LogP) is 1.80. The highest BCUT2D eigenvalue weighted by Crippen LogP contribution is 2.44. The van der Waals surface area contributed by atoms with Gasteiger partial charge < -0.3 is 14.7 Å². The van der Waals surface area contributed by atoms with Gasteiger partial charge in [0.15, 0.2) is 10.6 Å². The van der Waals surface area contributed by atoms with Crippen LogP contribution in [0, 0.1) is 10.1 Å². The lowest BCUT2D eigenvalue weighted by atomic mass is 9.91. The molecule has 0 radical (unpaired) electrons. The SMILES string of the molecule is CN(CC12CN(C(=O)O)CC(=O)N1CC1(CCN(Cc3ccccc3)CC1)O2)S(=O)(=O)c1ccccc1[N+](=O)[O-]. The highest BCUT2D eigenvalue weighted by molar-refractivity contribution is 7.89. The van der Waals surface area contributed by atoms with Crippen LogP contribution in [0.5, 0.6) is 0 Å². The summed E-state index contributed by atoms with van der Waals surface area (Å²) in [5, 5.41) is 21.3. The fourth-order valence-electron chi connectivity index (χ4n) is 5.91. The minimum Gasteiger partial charge on any atom is -0.465 e. The van der Waals surface area contributed by atoms with E-state index in [-0.39, 0.29) is 19.6 Å². The molecule has 5 rings (SSSR count). The van der Waals surface area contributed by atoms with E-state index in [1.165, 1.54) is 29.6 Å². The number of nitro benzene ring substituents is 1. The maximum atomic E-state index is 13.5. The number of piperidine rings is 1. The lowest BCUT2D eigenvalue weighted by molar-refractivity contribution is -0.387. The summed E-state index contributed by atoms with van der Waals surface area (Å²) < 4.78 is 34.6. The van der Waals surface area contributed by atoms with Crippen LogP contribution in [0.15, 0.2) is 59.5 Å². The Balaban J connectivity index is 1.41. The number of carbonyl (C=O) groups is 2. The van der Waals surface area contributed by atoms with Gasteiger partial charge in [-0.25, -0.2) is 13.2 Å². The fraction of sp³-hybridized carbons (Fsp3) is 0.462. The molecule has 3 saturated heterocycles. The van der Waals surface area contributed by atoms with Gasteiger partial charge in [-0.3, -0.25) is 24.7 Å². The van der Waals surface area contributed by atoms with Gasteiger partial charge in [-0.15, -0.1) is 0 Å². The van der Waals surface area contributed by atoms with E-state index >= 15 is 0 Å². The molecule has 1 N–H and O–H groups in total. The molecule has 2 amide bonds. The molecule has 0 bridgehead atoms. The number of hydrogen-bond acceptors (Lipinski definition) is 8. The molecule has 40 heavy (non-hydrogen) atoms. The number of para-hydroxylation sites is 1. The highest BCUT2D eigenvalue weighted by Gasteiger charge is 2.61. The van der Waals surface area contributed by atoms with Crippen LogP contribution in [-0.4, -0.2) is 107 Å². The summed E-state index contributed by atoms with van der Waals surface area (Å²) in [4.78, 5) is 40.1. The molecule has 1 unspecified atom stereocenters. The summed E-state index contributed by atoms with van der Waals surface area (Å²) in [5.41, 5.74) is -1.76. The quantitative estimate of drug-likeness (QED) is 0.386. The Morgan fingerprint density at radius 1 is 1.10 bits per heavy atom. The van der Waals surface area contributed by atoms with Gasteiger partial charge in [-0.05, 0) is 24.5 Å². The second kappa shape index (κ2) is 10.4. The molecule has 13 nitrogen and oxygen atoms in total. The molecule has 2 aromatic carbocycles. The number of nitro groups is 1. The number of fused-ring (bicyclic) bond motifs is 1. The lowest BCUT2D eigenvalue weighted by Crippen LogP contribution is -2.67. The molecular formula is C26H31N5O8S. The molecule has 1 spiro atoms. The maximum Gasteiger partial charge on any atom is 0.407 e. The van der Waals surface area contributed by atoms with E-state index in [4.69, 9.17) is 4.74 Å². The van der Waals surface area contributed by atoms with E-state index < -0.39 is 55.4 Å². The van der Waals surface area contributed by atoms with Crippen molar-refractivity contribution in [3.05, 3.63) is 70.3 Å². The van der Waals surface area contributed by atoms with Crippen LogP contribution in [-0.2, 0) is 26.1 Å². The van der Waals surface area contributed by atoms with E-state index in [0.717, 1.165) is 27.9 Å². The zero-order chi connectivity index (χ0) is 28.7. The summed E-state index contributed by atoms with van der Waals surface area (Å²) in [6, 6.07) is 15.0. The van der Waals surface area contributed by atoms with Crippen molar-refractivity contribution >= 4 is 27.7 Å². The van der Waals surface area contributed by atoms with Crippen LogP contribution < -0.4 is 0 Å². The number of carboxylic acid groups (broad SMARTS) is 1. The summed E-state index contributed by atoms with van der Waals surface area (Å²) in [7, 11) is -3.15. The first kappa shape index (κ1) is 28.0. The number of piperazine rings is 1. The first-order chi connectivity index (χ1) is 18.9. The van der Waals surface area contributed by atoms with Gasteiger partial charge in [0.2, 0.25) is 15.9 Å². The largest absolute Gasteiger partial charge is 0.465 e.